The highest BCUT2D eigenvalue weighted by Gasteiger charge is 2.58. The average Bonchev–Trinajstić information content (AvgIpc) is 3.24. The van der Waals surface area contributed by atoms with Crippen molar-refractivity contribution in [2.24, 2.45) is 11.8 Å². The largest absolute Gasteiger partial charge is 0.357 e. The Kier molecular flexibility index (Phi) is 3.34. The minimum Gasteiger partial charge on any atom is -0.357 e. The number of nitrogens with one attached hydrogen (secondary N) is 1. The van der Waals surface area contributed by atoms with E-state index >= 15 is 0 Å². The zero-order valence-corrected chi connectivity index (χ0v) is 15.6. The number of para-hydroxylation sites is 2. The zero-order valence-electron chi connectivity index (χ0n) is 15.6. The number of H-pyrrole nitrogens is 1. The highest BCUT2D eigenvalue weighted by Crippen LogP contribution is 2.57. The monoisotopic (exact) mass is 370 g/mol. The highest BCUT2D eigenvalue weighted by molar-refractivity contribution is 6.24. The number of hydrogen-bond donors (Lipinski definition) is 1. The molecule has 28 heavy (non-hydrogen) atoms. The van der Waals surface area contributed by atoms with Crippen molar-refractivity contribution in [3.05, 3.63) is 65.9 Å². The van der Waals surface area contributed by atoms with E-state index < -0.39 is 0 Å². The van der Waals surface area contributed by atoms with Crippen molar-refractivity contribution in [1.82, 2.24) is 4.98 Å². The maximum absolute atomic E-state index is 13.5. The molecule has 6 rings (SSSR count). The molecule has 2 heterocycles. The molecule has 3 aliphatic rings. The molecule has 0 spiro atoms. The van der Waals surface area contributed by atoms with Crippen molar-refractivity contribution in [3.8, 4) is 0 Å². The Bertz CT molecular complexity index is 1100. The number of anilines is 1. The van der Waals surface area contributed by atoms with Gasteiger partial charge in [-0.05, 0) is 48.4 Å². The van der Waals surface area contributed by atoms with Crippen molar-refractivity contribution < 1.29 is 9.59 Å². The summed E-state index contributed by atoms with van der Waals surface area (Å²) in [6, 6.07) is 17.7. The van der Waals surface area contributed by atoms with E-state index in [2.05, 4.69) is 23.2 Å². The number of amides is 2. The molecule has 4 nitrogen and oxygen atoms in total. The summed E-state index contributed by atoms with van der Waals surface area (Å²) in [6.45, 7) is 0. The summed E-state index contributed by atoms with van der Waals surface area (Å²) in [6.07, 6.45) is 4.49. The standard InChI is InChI=1S/C24H22N2O2/c27-23-20-16-11-5-4-10-15(16)19-17-12-6-7-13-18(17)25-22(19)21(20)24(28)26(23)14-8-2-1-3-9-14/h1-3,6-9,12-13,15-16,20-21,25H,4-5,10-11H2/t15-,16-,20-,21-/m1/s1. The van der Waals surface area contributed by atoms with Crippen molar-refractivity contribution in [2.45, 2.75) is 37.5 Å². The van der Waals surface area contributed by atoms with Gasteiger partial charge in [0.25, 0.3) is 0 Å². The molecule has 3 aromatic rings. The lowest BCUT2D eigenvalue weighted by molar-refractivity contribution is -0.123. The van der Waals surface area contributed by atoms with Crippen LogP contribution in [0.2, 0.25) is 0 Å². The number of rotatable bonds is 1. The molecule has 4 atom stereocenters. The Balaban J connectivity index is 1.58. The minimum atomic E-state index is -0.380. The number of hydrogen-bond acceptors (Lipinski definition) is 2. The number of aromatic amines is 1. The number of imide groups is 1. The lowest BCUT2D eigenvalue weighted by Gasteiger charge is -2.41. The van der Waals surface area contributed by atoms with Crippen LogP contribution in [0.15, 0.2) is 54.6 Å². The van der Waals surface area contributed by atoms with Gasteiger partial charge in [-0.3, -0.25) is 9.59 Å². The van der Waals surface area contributed by atoms with Crippen molar-refractivity contribution >= 4 is 28.4 Å². The molecular weight excluding hydrogens is 348 g/mol. The summed E-state index contributed by atoms with van der Waals surface area (Å²) in [5.41, 5.74) is 4.07. The van der Waals surface area contributed by atoms with Gasteiger partial charge in [0.15, 0.2) is 0 Å². The van der Waals surface area contributed by atoms with E-state index in [9.17, 15) is 9.59 Å². The lowest BCUT2D eigenvalue weighted by atomic mass is 9.61. The second-order valence-electron chi connectivity index (χ2n) is 8.40. The van der Waals surface area contributed by atoms with Crippen LogP contribution in [0.1, 0.15) is 48.8 Å². The predicted molar refractivity (Wildman–Crippen MR) is 108 cm³/mol. The molecule has 2 amide bonds. The third kappa shape index (κ3) is 2.00. The van der Waals surface area contributed by atoms with Crippen LogP contribution in [-0.2, 0) is 9.59 Å². The lowest BCUT2D eigenvalue weighted by Crippen LogP contribution is -2.37. The van der Waals surface area contributed by atoms with Crippen LogP contribution in [0.25, 0.3) is 10.9 Å². The second kappa shape index (κ2) is 5.81. The van der Waals surface area contributed by atoms with Gasteiger partial charge in [0, 0.05) is 16.6 Å². The fourth-order valence-electron chi connectivity index (χ4n) is 6.03. The Morgan fingerprint density at radius 1 is 0.857 bits per heavy atom. The van der Waals surface area contributed by atoms with Crippen molar-refractivity contribution in [2.75, 3.05) is 4.90 Å². The van der Waals surface area contributed by atoms with Crippen LogP contribution in [0, 0.1) is 11.8 Å². The molecule has 0 unspecified atom stereocenters. The molecule has 1 saturated heterocycles. The Morgan fingerprint density at radius 2 is 1.61 bits per heavy atom. The first-order chi connectivity index (χ1) is 13.8. The van der Waals surface area contributed by atoms with Gasteiger partial charge >= 0.3 is 0 Å². The molecular formula is C24H22N2O2. The summed E-state index contributed by atoms with van der Waals surface area (Å²) in [5, 5.41) is 1.23. The summed E-state index contributed by atoms with van der Waals surface area (Å²) in [5.74, 6) is -0.0716. The van der Waals surface area contributed by atoms with Crippen molar-refractivity contribution in [3.63, 3.8) is 0 Å². The van der Waals surface area contributed by atoms with E-state index in [4.69, 9.17) is 0 Å². The fraction of sp³-hybridized carbons (Fsp3) is 0.333. The number of fused-ring (bicyclic) bond motifs is 8. The van der Waals surface area contributed by atoms with Gasteiger partial charge in [-0.25, -0.2) is 4.90 Å². The normalized spacial score (nSPS) is 28.9. The molecule has 1 aromatic heterocycles. The quantitative estimate of drug-likeness (QED) is 0.630. The van der Waals surface area contributed by atoms with Gasteiger partial charge in [0.1, 0.15) is 0 Å². The Morgan fingerprint density at radius 3 is 2.46 bits per heavy atom. The summed E-state index contributed by atoms with van der Waals surface area (Å²) < 4.78 is 0. The molecule has 2 aliphatic carbocycles. The minimum absolute atomic E-state index is 0.0117. The number of carbonyl (C=O) groups is 2. The SMILES string of the molecule is O=C1[C@@H]2[C@@H]3CCCC[C@H]3c3c([nH]c4ccccc34)[C@@H]2C(=O)N1c1ccccc1. The van der Waals surface area contributed by atoms with E-state index in [1.807, 2.05) is 36.4 Å². The maximum atomic E-state index is 13.5. The predicted octanol–water partition coefficient (Wildman–Crippen LogP) is 4.73. The van der Waals surface area contributed by atoms with Gasteiger partial charge in [0.05, 0.1) is 17.5 Å². The third-order valence-corrected chi connectivity index (χ3v) is 7.10. The number of carbonyl (C=O) groups excluding carboxylic acids is 2. The molecule has 0 bridgehead atoms. The topological polar surface area (TPSA) is 53.2 Å². The molecule has 1 N–H and O–H groups in total. The van der Waals surface area contributed by atoms with Gasteiger partial charge in [-0.15, -0.1) is 0 Å². The van der Waals surface area contributed by atoms with Crippen molar-refractivity contribution in [1.29, 1.82) is 0 Å². The first-order valence-electron chi connectivity index (χ1n) is 10.3. The highest BCUT2D eigenvalue weighted by atomic mass is 16.2. The van der Waals surface area contributed by atoms with E-state index in [0.717, 1.165) is 30.5 Å². The van der Waals surface area contributed by atoms with E-state index in [0.29, 0.717) is 11.6 Å². The smallest absolute Gasteiger partial charge is 0.243 e. The van der Waals surface area contributed by atoms with E-state index in [-0.39, 0.29) is 29.6 Å². The number of nitrogens with zero attached hydrogens (tertiary/aromatic N) is 1. The van der Waals surface area contributed by atoms with Gasteiger partial charge in [-0.2, -0.15) is 0 Å². The first-order valence-corrected chi connectivity index (χ1v) is 10.3. The van der Waals surface area contributed by atoms with Gasteiger partial charge in [-0.1, -0.05) is 49.2 Å². The van der Waals surface area contributed by atoms with E-state index in [1.165, 1.54) is 22.3 Å². The molecule has 140 valence electrons. The molecule has 1 aliphatic heterocycles. The van der Waals surface area contributed by atoms with Crippen LogP contribution in [0.4, 0.5) is 5.69 Å². The van der Waals surface area contributed by atoms with Crippen LogP contribution in [0.5, 0.6) is 0 Å². The summed E-state index contributed by atoms with van der Waals surface area (Å²) in [7, 11) is 0. The molecule has 0 radical (unpaired) electrons. The molecule has 4 heteroatoms. The van der Waals surface area contributed by atoms with E-state index in [1.54, 1.807) is 0 Å². The van der Waals surface area contributed by atoms with Crippen LogP contribution in [0.3, 0.4) is 0 Å². The Hall–Kier alpha value is -2.88. The first kappa shape index (κ1) is 16.1. The van der Waals surface area contributed by atoms with Gasteiger partial charge < -0.3 is 4.98 Å². The molecule has 1 saturated carbocycles. The van der Waals surface area contributed by atoms with Crippen LogP contribution < -0.4 is 4.90 Å². The van der Waals surface area contributed by atoms with Crippen LogP contribution >= 0.6 is 0 Å². The maximum Gasteiger partial charge on any atom is 0.243 e. The zero-order chi connectivity index (χ0) is 18.8. The van der Waals surface area contributed by atoms with Gasteiger partial charge in [0.2, 0.25) is 11.8 Å². The van der Waals surface area contributed by atoms with Crippen LogP contribution in [-0.4, -0.2) is 16.8 Å². The Labute approximate surface area is 163 Å². The summed E-state index contributed by atoms with van der Waals surface area (Å²) in [4.78, 5) is 32.1. The fourth-order valence-corrected chi connectivity index (χ4v) is 6.03. The number of aromatic nitrogens is 1. The number of benzene rings is 2. The average molecular weight is 370 g/mol. The molecule has 2 fully saturated rings. The summed E-state index contributed by atoms with van der Waals surface area (Å²) >= 11 is 0. The third-order valence-electron chi connectivity index (χ3n) is 7.10. The molecule has 2 aromatic carbocycles. The second-order valence-corrected chi connectivity index (χ2v) is 8.40.